The van der Waals surface area contributed by atoms with Crippen LogP contribution in [-0.2, 0) is 0 Å². The summed E-state index contributed by atoms with van der Waals surface area (Å²) in [5.41, 5.74) is -0.359. The topological polar surface area (TPSA) is 42.3 Å². The molecule has 2 fully saturated rings. The predicted octanol–water partition coefficient (Wildman–Crippen LogP) is 1.44. The van der Waals surface area contributed by atoms with Crippen LogP contribution in [0.3, 0.4) is 0 Å². The zero-order valence-corrected chi connectivity index (χ0v) is 12.7. The number of likely N-dealkylation sites (N-methyl/N-ethyl adjacent to an activating group) is 1. The predicted molar refractivity (Wildman–Crippen MR) is 77.9 cm³/mol. The van der Waals surface area contributed by atoms with Crippen LogP contribution in [0.2, 0.25) is 0 Å². The Morgan fingerprint density at radius 2 is 1.95 bits per heavy atom. The quantitative estimate of drug-likeness (QED) is 0.788. The second kappa shape index (κ2) is 6.21. The van der Waals surface area contributed by atoms with Crippen LogP contribution in [0.15, 0.2) is 0 Å². The lowest BCUT2D eigenvalue weighted by molar-refractivity contribution is 0.0934. The first-order valence-electron chi connectivity index (χ1n) is 7.71. The van der Waals surface area contributed by atoms with Gasteiger partial charge in [0.25, 0.3) is 0 Å². The third-order valence-electron chi connectivity index (χ3n) is 4.53. The van der Waals surface area contributed by atoms with Crippen LogP contribution in [0.1, 0.15) is 40.0 Å². The molecule has 0 bridgehead atoms. The van der Waals surface area contributed by atoms with E-state index in [2.05, 4.69) is 42.0 Å². The molecule has 0 amide bonds. The molecule has 0 aromatic rings. The van der Waals surface area contributed by atoms with E-state index < -0.39 is 0 Å². The molecule has 1 heterocycles. The van der Waals surface area contributed by atoms with E-state index in [1.807, 2.05) is 0 Å². The van der Waals surface area contributed by atoms with Crippen molar-refractivity contribution in [1.82, 2.24) is 15.1 Å². The highest BCUT2D eigenvalue weighted by molar-refractivity contribution is 5.08. The molecule has 2 unspecified atom stereocenters. The van der Waals surface area contributed by atoms with Gasteiger partial charge in [-0.2, -0.15) is 5.26 Å². The fourth-order valence-corrected chi connectivity index (χ4v) is 3.06. The molecule has 2 atom stereocenters. The van der Waals surface area contributed by atoms with Gasteiger partial charge in [-0.1, -0.05) is 6.92 Å². The second-order valence-electron chi connectivity index (χ2n) is 6.39. The van der Waals surface area contributed by atoms with Gasteiger partial charge in [0.05, 0.1) is 6.07 Å². The Bertz CT molecular complexity index is 326. The highest BCUT2D eigenvalue weighted by Gasteiger charge is 2.35. The van der Waals surface area contributed by atoms with E-state index in [-0.39, 0.29) is 5.54 Å². The van der Waals surface area contributed by atoms with Gasteiger partial charge in [0.2, 0.25) is 0 Å². The summed E-state index contributed by atoms with van der Waals surface area (Å²) < 4.78 is 0. The van der Waals surface area contributed by atoms with E-state index >= 15 is 0 Å². The van der Waals surface area contributed by atoms with Gasteiger partial charge in [-0.15, -0.1) is 0 Å². The Morgan fingerprint density at radius 3 is 2.42 bits per heavy atom. The van der Waals surface area contributed by atoms with Crippen LogP contribution < -0.4 is 5.32 Å². The molecule has 4 heteroatoms. The molecule has 2 rings (SSSR count). The maximum absolute atomic E-state index is 9.45. The van der Waals surface area contributed by atoms with Crippen LogP contribution in [-0.4, -0.2) is 60.1 Å². The summed E-state index contributed by atoms with van der Waals surface area (Å²) in [4.78, 5) is 5.03. The van der Waals surface area contributed by atoms with E-state index in [1.54, 1.807) is 0 Å². The summed E-state index contributed by atoms with van der Waals surface area (Å²) in [6.07, 6.45) is 3.40. The average molecular weight is 264 g/mol. The van der Waals surface area contributed by atoms with Gasteiger partial charge in [-0.25, -0.2) is 0 Å². The van der Waals surface area contributed by atoms with E-state index in [1.165, 1.54) is 25.9 Å². The van der Waals surface area contributed by atoms with Crippen LogP contribution >= 0.6 is 0 Å². The van der Waals surface area contributed by atoms with E-state index in [9.17, 15) is 5.26 Å². The van der Waals surface area contributed by atoms with Crippen molar-refractivity contribution in [3.05, 3.63) is 0 Å². The Labute approximate surface area is 117 Å². The van der Waals surface area contributed by atoms with E-state index in [0.29, 0.717) is 12.1 Å². The summed E-state index contributed by atoms with van der Waals surface area (Å²) in [5.74, 6) is 0. The minimum absolute atomic E-state index is 0.359. The highest BCUT2D eigenvalue weighted by atomic mass is 15.3. The molecular formula is C15H28N4. The Morgan fingerprint density at radius 1 is 1.32 bits per heavy atom. The molecule has 0 radical (unpaired) electrons. The summed E-state index contributed by atoms with van der Waals surface area (Å²) in [6.45, 7) is 12.3. The average Bonchev–Trinajstić information content (AvgIpc) is 3.22. The molecule has 0 aromatic carbocycles. The van der Waals surface area contributed by atoms with Crippen molar-refractivity contribution in [2.75, 3.05) is 32.7 Å². The lowest BCUT2D eigenvalue weighted by Gasteiger charge is -2.39. The molecule has 1 aliphatic heterocycles. The van der Waals surface area contributed by atoms with Gasteiger partial charge in [-0.3, -0.25) is 10.2 Å². The molecule has 0 aromatic heterocycles. The molecule has 19 heavy (non-hydrogen) atoms. The lowest BCUT2D eigenvalue weighted by atomic mass is 9.94. The SMILES string of the molecule is CCN1CCN(C(C)CC(C)(C#N)NC2CC2)CC1. The standard InChI is InChI=1S/C15H28N4/c1-4-18-7-9-19(10-8-18)13(2)11-15(3,12-16)17-14-5-6-14/h13-14,17H,4-11H2,1-3H3. The number of piperazine rings is 1. The number of nitrogens with zero attached hydrogens (tertiary/aromatic N) is 3. The van der Waals surface area contributed by atoms with Crippen LogP contribution in [0.5, 0.6) is 0 Å². The summed E-state index contributed by atoms with van der Waals surface area (Å²) in [6, 6.07) is 3.56. The minimum atomic E-state index is -0.359. The Balaban J connectivity index is 1.82. The number of nitrogens with one attached hydrogen (secondary N) is 1. The molecule has 1 saturated carbocycles. The van der Waals surface area contributed by atoms with Crippen LogP contribution in [0, 0.1) is 11.3 Å². The second-order valence-corrected chi connectivity index (χ2v) is 6.39. The minimum Gasteiger partial charge on any atom is -0.301 e. The molecule has 0 spiro atoms. The first-order valence-corrected chi connectivity index (χ1v) is 7.71. The van der Waals surface area contributed by atoms with Gasteiger partial charge < -0.3 is 4.90 Å². The molecule has 4 nitrogen and oxygen atoms in total. The van der Waals surface area contributed by atoms with Crippen molar-refractivity contribution < 1.29 is 0 Å². The van der Waals surface area contributed by atoms with E-state index in [4.69, 9.17) is 0 Å². The van der Waals surface area contributed by atoms with Crippen LogP contribution in [0.25, 0.3) is 0 Å². The molecule has 1 saturated heterocycles. The number of rotatable bonds is 6. The molecular weight excluding hydrogens is 236 g/mol. The third-order valence-corrected chi connectivity index (χ3v) is 4.53. The van der Waals surface area contributed by atoms with Crippen molar-refractivity contribution in [2.45, 2.75) is 57.7 Å². The monoisotopic (exact) mass is 264 g/mol. The number of nitriles is 1. The molecule has 1 N–H and O–H groups in total. The smallest absolute Gasteiger partial charge is 0.105 e. The highest BCUT2D eigenvalue weighted by Crippen LogP contribution is 2.25. The lowest BCUT2D eigenvalue weighted by Crippen LogP contribution is -2.53. The Hall–Kier alpha value is -0.630. The van der Waals surface area contributed by atoms with Crippen molar-refractivity contribution in [3.63, 3.8) is 0 Å². The maximum atomic E-state index is 9.45. The van der Waals surface area contributed by atoms with Crippen molar-refractivity contribution >= 4 is 0 Å². The summed E-state index contributed by atoms with van der Waals surface area (Å²) >= 11 is 0. The van der Waals surface area contributed by atoms with E-state index in [0.717, 1.165) is 26.1 Å². The molecule has 108 valence electrons. The zero-order valence-electron chi connectivity index (χ0n) is 12.7. The molecule has 2 aliphatic rings. The fraction of sp³-hybridized carbons (Fsp3) is 0.933. The van der Waals surface area contributed by atoms with Gasteiger partial charge in [0, 0.05) is 38.3 Å². The summed E-state index contributed by atoms with van der Waals surface area (Å²) in [7, 11) is 0. The number of hydrogen-bond acceptors (Lipinski definition) is 4. The van der Waals surface area contributed by atoms with Gasteiger partial charge >= 0.3 is 0 Å². The van der Waals surface area contributed by atoms with Gasteiger partial charge in [0.15, 0.2) is 0 Å². The largest absolute Gasteiger partial charge is 0.301 e. The number of hydrogen-bond donors (Lipinski definition) is 1. The first-order chi connectivity index (χ1) is 9.06. The summed E-state index contributed by atoms with van der Waals surface area (Å²) in [5, 5.41) is 13.0. The van der Waals surface area contributed by atoms with Crippen molar-refractivity contribution in [1.29, 1.82) is 5.26 Å². The molecule has 1 aliphatic carbocycles. The maximum Gasteiger partial charge on any atom is 0.105 e. The Kier molecular flexibility index (Phi) is 4.83. The van der Waals surface area contributed by atoms with Gasteiger partial charge in [-0.05, 0) is 39.7 Å². The first kappa shape index (κ1) is 14.8. The van der Waals surface area contributed by atoms with Crippen molar-refractivity contribution in [2.24, 2.45) is 0 Å². The fourth-order valence-electron chi connectivity index (χ4n) is 3.06. The third kappa shape index (κ3) is 4.17. The van der Waals surface area contributed by atoms with Crippen LogP contribution in [0.4, 0.5) is 0 Å². The zero-order chi connectivity index (χ0) is 13.9. The van der Waals surface area contributed by atoms with Gasteiger partial charge in [0.1, 0.15) is 5.54 Å². The normalized spacial score (nSPS) is 26.6. The van der Waals surface area contributed by atoms with Crippen molar-refractivity contribution in [3.8, 4) is 6.07 Å².